The van der Waals surface area contributed by atoms with Gasteiger partial charge in [-0.25, -0.2) is 4.98 Å². The number of amides is 2. The van der Waals surface area contributed by atoms with Gasteiger partial charge in [-0.2, -0.15) is 11.8 Å². The molecule has 4 heterocycles. The molecule has 0 spiro atoms. The first-order valence-electron chi connectivity index (χ1n) is 9.93. The minimum atomic E-state index is -0.294. The van der Waals surface area contributed by atoms with E-state index in [4.69, 9.17) is 4.42 Å². The summed E-state index contributed by atoms with van der Waals surface area (Å²) in [7, 11) is 0. The van der Waals surface area contributed by atoms with Crippen molar-refractivity contribution in [1.29, 1.82) is 0 Å². The summed E-state index contributed by atoms with van der Waals surface area (Å²) >= 11 is 2.98. The average Bonchev–Trinajstić information content (AvgIpc) is 3.51. The van der Waals surface area contributed by atoms with E-state index in [1.54, 1.807) is 30.1 Å². The molecule has 11 heteroatoms. The van der Waals surface area contributed by atoms with Gasteiger partial charge in [0.05, 0.1) is 30.0 Å². The van der Waals surface area contributed by atoms with Crippen molar-refractivity contribution in [3.05, 3.63) is 64.9 Å². The van der Waals surface area contributed by atoms with Crippen LogP contribution in [-0.2, 0) is 11.2 Å². The smallest absolute Gasteiger partial charge is 0.260 e. The van der Waals surface area contributed by atoms with Gasteiger partial charge in [-0.15, -0.1) is 21.5 Å². The van der Waals surface area contributed by atoms with E-state index in [0.29, 0.717) is 28.0 Å². The van der Waals surface area contributed by atoms with Gasteiger partial charge in [0.15, 0.2) is 16.6 Å². The molecule has 0 radical (unpaired) electrons. The first-order chi connectivity index (χ1) is 15.5. The van der Waals surface area contributed by atoms with Gasteiger partial charge in [0.1, 0.15) is 5.76 Å². The van der Waals surface area contributed by atoms with Gasteiger partial charge in [-0.1, -0.05) is 6.07 Å². The number of thiazole rings is 1. The number of nitrogens with one attached hydrogen (secondary N) is 2. The molecule has 0 aliphatic carbocycles. The number of hydrogen-bond donors (Lipinski definition) is 2. The number of nitrogens with zero attached hydrogens (tertiary/aromatic N) is 4. The van der Waals surface area contributed by atoms with Gasteiger partial charge in [-0.3, -0.25) is 19.3 Å². The minimum Gasteiger partial charge on any atom is -0.469 e. The van der Waals surface area contributed by atoms with Crippen LogP contribution in [0.1, 0.15) is 40.1 Å². The van der Waals surface area contributed by atoms with Crippen LogP contribution in [0, 0.1) is 6.92 Å². The molecule has 0 aliphatic rings. The predicted molar refractivity (Wildman–Crippen MR) is 124 cm³/mol. The molecular formula is C21H22N6O3S2. The van der Waals surface area contributed by atoms with E-state index in [1.807, 2.05) is 35.1 Å². The van der Waals surface area contributed by atoms with Crippen LogP contribution in [0.5, 0.6) is 0 Å². The summed E-state index contributed by atoms with van der Waals surface area (Å²) in [6.45, 7) is 1.72. The van der Waals surface area contributed by atoms with Crippen molar-refractivity contribution in [2.45, 2.75) is 25.8 Å². The summed E-state index contributed by atoms with van der Waals surface area (Å²) in [5.41, 5.74) is 1.77. The fourth-order valence-electron chi connectivity index (χ4n) is 3.24. The summed E-state index contributed by atoms with van der Waals surface area (Å²) < 4.78 is 7.05. The van der Waals surface area contributed by atoms with E-state index in [-0.39, 0.29) is 24.3 Å². The Kier molecular flexibility index (Phi) is 6.86. The van der Waals surface area contributed by atoms with Crippen molar-refractivity contribution in [2.75, 3.05) is 17.3 Å². The third-order valence-electron chi connectivity index (χ3n) is 4.81. The number of anilines is 1. The van der Waals surface area contributed by atoms with Crippen LogP contribution in [0.3, 0.4) is 0 Å². The third kappa shape index (κ3) is 5.00. The zero-order valence-corrected chi connectivity index (χ0v) is 19.2. The lowest BCUT2D eigenvalue weighted by molar-refractivity contribution is -0.121. The highest BCUT2D eigenvalue weighted by molar-refractivity contribution is 7.98. The Balaban J connectivity index is 1.41. The number of hydrogen-bond acceptors (Lipinski definition) is 8. The number of aromatic nitrogens is 4. The number of carbonyl (C=O) groups excluding carboxylic acids is 2. The van der Waals surface area contributed by atoms with Crippen LogP contribution in [0.4, 0.5) is 5.13 Å². The average molecular weight is 471 g/mol. The molecule has 4 aromatic heterocycles. The van der Waals surface area contributed by atoms with Gasteiger partial charge in [-0.05, 0) is 43.6 Å². The number of carbonyl (C=O) groups is 2. The Hall–Kier alpha value is -3.18. The second-order valence-corrected chi connectivity index (χ2v) is 8.90. The maximum absolute atomic E-state index is 12.8. The van der Waals surface area contributed by atoms with E-state index in [9.17, 15) is 9.59 Å². The van der Waals surface area contributed by atoms with Crippen LogP contribution in [0.15, 0.2) is 46.5 Å². The van der Waals surface area contributed by atoms with Crippen molar-refractivity contribution >= 4 is 45.7 Å². The van der Waals surface area contributed by atoms with Crippen molar-refractivity contribution in [3.63, 3.8) is 0 Å². The maximum Gasteiger partial charge on any atom is 0.260 e. The van der Waals surface area contributed by atoms with Crippen LogP contribution in [0.25, 0.3) is 5.65 Å². The second kappa shape index (κ2) is 9.96. The van der Waals surface area contributed by atoms with Crippen LogP contribution < -0.4 is 10.6 Å². The topological polar surface area (TPSA) is 114 Å². The molecule has 0 saturated carbocycles. The standard InChI is InChI=1S/C21H22N6O3S2/c1-13-15(6-9-30-13)20(29)24-21-22-14(12-32-21)11-18(28)23-16(7-10-31-2)19-26-25-17-5-3-4-8-27(17)19/h3-6,8-9,12,16H,7,10-11H2,1-2H3,(H,23,28)(H,22,24,29). The molecule has 1 unspecified atom stereocenters. The molecule has 0 bridgehead atoms. The summed E-state index contributed by atoms with van der Waals surface area (Å²) in [4.78, 5) is 29.5. The fraction of sp³-hybridized carbons (Fsp3) is 0.286. The molecule has 2 amide bonds. The SMILES string of the molecule is CSCCC(NC(=O)Cc1csc(NC(=O)c2ccoc2C)n1)c1nnc2ccccn12. The minimum absolute atomic E-state index is 0.101. The van der Waals surface area contributed by atoms with Crippen molar-refractivity contribution < 1.29 is 14.0 Å². The second-order valence-electron chi connectivity index (χ2n) is 7.05. The normalized spacial score (nSPS) is 12.1. The van der Waals surface area contributed by atoms with Crippen LogP contribution >= 0.6 is 23.1 Å². The Morgan fingerprint density at radius 3 is 2.94 bits per heavy atom. The van der Waals surface area contributed by atoms with E-state index in [0.717, 1.165) is 17.8 Å². The highest BCUT2D eigenvalue weighted by atomic mass is 32.2. The van der Waals surface area contributed by atoms with Crippen molar-refractivity contribution in [1.82, 2.24) is 24.9 Å². The number of furan rings is 1. The number of pyridine rings is 1. The summed E-state index contributed by atoms with van der Waals surface area (Å²) in [5, 5.41) is 16.5. The predicted octanol–water partition coefficient (Wildman–Crippen LogP) is 3.49. The van der Waals surface area contributed by atoms with Crippen LogP contribution in [-0.4, -0.2) is 43.4 Å². The lowest BCUT2D eigenvalue weighted by Gasteiger charge is -2.16. The maximum atomic E-state index is 12.8. The number of fused-ring (bicyclic) bond motifs is 1. The summed E-state index contributed by atoms with van der Waals surface area (Å²) in [6.07, 6.45) is 6.21. The number of thioether (sulfide) groups is 1. The lowest BCUT2D eigenvalue weighted by atomic mass is 10.2. The van der Waals surface area contributed by atoms with E-state index >= 15 is 0 Å². The highest BCUT2D eigenvalue weighted by Gasteiger charge is 2.21. The van der Waals surface area contributed by atoms with Gasteiger partial charge < -0.3 is 9.73 Å². The monoisotopic (exact) mass is 470 g/mol. The Morgan fingerprint density at radius 1 is 1.28 bits per heavy atom. The molecule has 0 fully saturated rings. The molecule has 9 nitrogen and oxygen atoms in total. The highest BCUT2D eigenvalue weighted by Crippen LogP contribution is 2.21. The van der Waals surface area contributed by atoms with Gasteiger partial charge in [0.2, 0.25) is 5.91 Å². The molecular weight excluding hydrogens is 448 g/mol. The molecule has 0 aromatic carbocycles. The number of rotatable bonds is 9. The zero-order valence-electron chi connectivity index (χ0n) is 17.6. The molecule has 1 atom stereocenters. The molecule has 4 rings (SSSR count). The zero-order chi connectivity index (χ0) is 22.5. The largest absolute Gasteiger partial charge is 0.469 e. The van der Waals surface area contributed by atoms with E-state index < -0.39 is 0 Å². The summed E-state index contributed by atoms with van der Waals surface area (Å²) in [5.74, 6) is 1.64. The third-order valence-corrected chi connectivity index (χ3v) is 6.27. The lowest BCUT2D eigenvalue weighted by Crippen LogP contribution is -2.31. The molecule has 166 valence electrons. The van der Waals surface area contributed by atoms with Crippen LogP contribution in [0.2, 0.25) is 0 Å². The molecule has 0 saturated heterocycles. The Bertz CT molecular complexity index is 1230. The van der Waals surface area contributed by atoms with E-state index in [1.165, 1.54) is 17.6 Å². The molecule has 32 heavy (non-hydrogen) atoms. The first kappa shape index (κ1) is 22.0. The van der Waals surface area contributed by atoms with Gasteiger partial charge in [0.25, 0.3) is 5.91 Å². The Morgan fingerprint density at radius 2 is 2.16 bits per heavy atom. The fourth-order valence-corrected chi connectivity index (χ4v) is 4.42. The molecule has 2 N–H and O–H groups in total. The van der Waals surface area contributed by atoms with Gasteiger partial charge in [0, 0.05) is 11.6 Å². The first-order valence-corrected chi connectivity index (χ1v) is 12.2. The van der Waals surface area contributed by atoms with E-state index in [2.05, 4.69) is 25.8 Å². The van der Waals surface area contributed by atoms with Crippen molar-refractivity contribution in [2.24, 2.45) is 0 Å². The summed E-state index contributed by atoms with van der Waals surface area (Å²) in [6, 6.07) is 7.02. The quantitative estimate of drug-likeness (QED) is 0.385. The molecule has 4 aromatic rings. The van der Waals surface area contributed by atoms with Gasteiger partial charge >= 0.3 is 0 Å². The number of aryl methyl sites for hydroxylation is 1. The Labute approximate surface area is 192 Å². The van der Waals surface area contributed by atoms with Crippen molar-refractivity contribution in [3.8, 4) is 0 Å². The molecule has 0 aliphatic heterocycles.